The largest absolute Gasteiger partial charge is 0.503 e. The fourth-order valence-electron chi connectivity index (χ4n) is 4.15. The summed E-state index contributed by atoms with van der Waals surface area (Å²) < 4.78 is 11.4. The van der Waals surface area contributed by atoms with Crippen LogP contribution in [0.15, 0.2) is 64.3 Å². The van der Waals surface area contributed by atoms with E-state index in [1.165, 1.54) is 4.90 Å². The van der Waals surface area contributed by atoms with Crippen LogP contribution in [0.25, 0.3) is 11.0 Å². The van der Waals surface area contributed by atoms with Gasteiger partial charge in [0, 0.05) is 23.6 Å². The topological polar surface area (TPSA) is 80.0 Å². The number of aryl methyl sites for hydroxylation is 1. The molecule has 1 unspecified atom stereocenters. The highest BCUT2D eigenvalue weighted by molar-refractivity contribution is 6.31. The lowest BCUT2D eigenvalue weighted by molar-refractivity contribution is -0.129. The van der Waals surface area contributed by atoms with Gasteiger partial charge in [-0.25, -0.2) is 0 Å². The van der Waals surface area contributed by atoms with E-state index in [1.807, 2.05) is 45.0 Å². The average Bonchev–Trinajstić information content (AvgIpc) is 3.30. The number of nitrogens with zero attached hydrogens (tertiary/aromatic N) is 1. The van der Waals surface area contributed by atoms with Crippen molar-refractivity contribution in [1.82, 2.24) is 4.90 Å². The molecule has 1 aliphatic rings. The molecule has 1 N–H and O–H groups in total. The maximum absolute atomic E-state index is 13.6. The van der Waals surface area contributed by atoms with Gasteiger partial charge in [-0.2, -0.15) is 0 Å². The van der Waals surface area contributed by atoms with Crippen molar-refractivity contribution in [2.24, 2.45) is 0 Å². The molecule has 0 spiro atoms. The lowest BCUT2D eigenvalue weighted by Crippen LogP contribution is -2.33. The van der Waals surface area contributed by atoms with Gasteiger partial charge in [0.25, 0.3) is 5.91 Å². The Labute approximate surface area is 197 Å². The molecule has 1 atom stereocenters. The predicted octanol–water partition coefficient (Wildman–Crippen LogP) is 5.79. The summed E-state index contributed by atoms with van der Waals surface area (Å²) in [5.74, 6) is -1.60. The monoisotopic (exact) mass is 467 g/mol. The number of benzene rings is 2. The normalized spacial score (nSPS) is 16.5. The number of amides is 1. The van der Waals surface area contributed by atoms with Gasteiger partial charge in [0.1, 0.15) is 5.58 Å². The maximum Gasteiger partial charge on any atom is 0.290 e. The molecule has 2 heterocycles. The summed E-state index contributed by atoms with van der Waals surface area (Å²) in [5, 5.41) is 12.0. The molecule has 6 nitrogen and oxygen atoms in total. The van der Waals surface area contributed by atoms with Gasteiger partial charge in [-0.1, -0.05) is 35.9 Å². The van der Waals surface area contributed by atoms with Gasteiger partial charge in [-0.15, -0.1) is 0 Å². The Balaban J connectivity index is 1.72. The highest BCUT2D eigenvalue weighted by atomic mass is 35.5. The summed E-state index contributed by atoms with van der Waals surface area (Å²) in [6.07, 6.45) is 0.654. The molecule has 1 aliphatic heterocycles. The van der Waals surface area contributed by atoms with Crippen molar-refractivity contribution in [2.45, 2.75) is 39.3 Å². The first-order chi connectivity index (χ1) is 15.8. The van der Waals surface area contributed by atoms with Gasteiger partial charge in [-0.05, 0) is 62.6 Å². The lowest BCUT2D eigenvalue weighted by atomic mass is 9.92. The summed E-state index contributed by atoms with van der Waals surface area (Å²) >= 11 is 6.06. The van der Waals surface area contributed by atoms with E-state index in [9.17, 15) is 14.7 Å². The Morgan fingerprint density at radius 3 is 2.70 bits per heavy atom. The van der Waals surface area contributed by atoms with Gasteiger partial charge in [0.2, 0.25) is 5.78 Å². The lowest BCUT2D eigenvalue weighted by Gasteiger charge is -2.28. The molecular formula is C26H26ClNO5. The Hall–Kier alpha value is -3.09. The first-order valence-electron chi connectivity index (χ1n) is 10.9. The van der Waals surface area contributed by atoms with Gasteiger partial charge in [0.15, 0.2) is 11.5 Å². The predicted molar refractivity (Wildman–Crippen MR) is 127 cm³/mol. The first-order valence-corrected chi connectivity index (χ1v) is 11.3. The number of carbonyl (C=O) groups excluding carboxylic acids is 2. The molecule has 4 rings (SSSR count). The Morgan fingerprint density at radius 1 is 1.21 bits per heavy atom. The fourth-order valence-corrected chi connectivity index (χ4v) is 4.33. The number of halogens is 1. The summed E-state index contributed by atoms with van der Waals surface area (Å²) in [7, 11) is 0. The molecular weight excluding hydrogens is 442 g/mol. The van der Waals surface area contributed by atoms with Crippen molar-refractivity contribution < 1.29 is 23.8 Å². The van der Waals surface area contributed by atoms with Gasteiger partial charge < -0.3 is 19.2 Å². The minimum Gasteiger partial charge on any atom is -0.503 e. The Bertz CT molecular complexity index is 1240. The van der Waals surface area contributed by atoms with Crippen molar-refractivity contribution in [3.8, 4) is 0 Å². The SMILES string of the molecule is Cc1ccccc1C1C(C(=O)c2cc3cc(Cl)ccc3o2)=C(O)C(=O)N1CCCOC(C)C. The highest BCUT2D eigenvalue weighted by Gasteiger charge is 2.44. The Kier molecular flexibility index (Phi) is 6.58. The van der Waals surface area contributed by atoms with E-state index in [4.69, 9.17) is 20.8 Å². The molecule has 172 valence electrons. The van der Waals surface area contributed by atoms with E-state index in [1.54, 1.807) is 24.3 Å². The number of aliphatic hydroxyl groups excluding tert-OH is 1. The summed E-state index contributed by atoms with van der Waals surface area (Å²) in [4.78, 5) is 28.2. The molecule has 0 saturated heterocycles. The van der Waals surface area contributed by atoms with Crippen LogP contribution in [0.3, 0.4) is 0 Å². The number of rotatable bonds is 8. The third kappa shape index (κ3) is 4.54. The van der Waals surface area contributed by atoms with Crippen LogP contribution in [0.2, 0.25) is 5.02 Å². The Morgan fingerprint density at radius 2 is 1.97 bits per heavy atom. The molecule has 0 saturated carbocycles. The van der Waals surface area contributed by atoms with Crippen LogP contribution in [0, 0.1) is 6.92 Å². The third-order valence-corrected chi connectivity index (χ3v) is 5.96. The molecule has 7 heteroatoms. The quantitative estimate of drug-likeness (QED) is 0.335. The van der Waals surface area contributed by atoms with Crippen molar-refractivity contribution >= 4 is 34.3 Å². The zero-order chi connectivity index (χ0) is 23.7. The molecule has 33 heavy (non-hydrogen) atoms. The maximum atomic E-state index is 13.6. The molecule has 1 amide bonds. The number of aliphatic hydroxyl groups is 1. The molecule has 1 aromatic heterocycles. The van der Waals surface area contributed by atoms with Crippen LogP contribution in [0.1, 0.15) is 48.0 Å². The van der Waals surface area contributed by atoms with Crippen molar-refractivity contribution in [3.05, 3.63) is 81.8 Å². The van der Waals surface area contributed by atoms with Crippen LogP contribution in [-0.4, -0.2) is 41.0 Å². The number of ketones is 1. The summed E-state index contributed by atoms with van der Waals surface area (Å²) in [6.45, 7) is 6.61. The van der Waals surface area contributed by atoms with Crippen LogP contribution >= 0.6 is 11.6 Å². The molecule has 3 aromatic rings. The number of ether oxygens (including phenoxy) is 1. The summed E-state index contributed by atoms with van der Waals surface area (Å²) in [5.41, 5.74) is 2.21. The van der Waals surface area contributed by atoms with Gasteiger partial charge in [0.05, 0.1) is 17.7 Å². The first kappa shape index (κ1) is 23.1. The third-order valence-electron chi connectivity index (χ3n) is 5.73. The van der Waals surface area contributed by atoms with Crippen LogP contribution in [-0.2, 0) is 9.53 Å². The number of hydrogen-bond acceptors (Lipinski definition) is 5. The van der Waals surface area contributed by atoms with E-state index >= 15 is 0 Å². The van der Waals surface area contributed by atoms with Gasteiger partial charge in [-0.3, -0.25) is 9.59 Å². The van der Waals surface area contributed by atoms with E-state index < -0.39 is 23.5 Å². The minimum atomic E-state index is -0.720. The van der Waals surface area contributed by atoms with Crippen LogP contribution in [0.5, 0.6) is 0 Å². The van der Waals surface area contributed by atoms with Crippen molar-refractivity contribution in [1.29, 1.82) is 0 Å². The molecule has 2 aromatic carbocycles. The molecule has 0 bridgehead atoms. The second-order valence-corrected chi connectivity index (χ2v) is 8.85. The zero-order valence-electron chi connectivity index (χ0n) is 18.8. The minimum absolute atomic E-state index is 0.0178. The van der Waals surface area contributed by atoms with E-state index in [0.29, 0.717) is 35.6 Å². The van der Waals surface area contributed by atoms with E-state index in [-0.39, 0.29) is 17.4 Å². The number of Topliss-reactive ketones (excluding diaryl/α,β-unsaturated/α-hetero) is 1. The number of fused-ring (bicyclic) bond motifs is 1. The highest BCUT2D eigenvalue weighted by Crippen LogP contribution is 2.40. The van der Waals surface area contributed by atoms with Crippen LogP contribution < -0.4 is 0 Å². The van der Waals surface area contributed by atoms with E-state index in [2.05, 4.69) is 0 Å². The molecule has 0 fully saturated rings. The zero-order valence-corrected chi connectivity index (χ0v) is 19.6. The molecule has 0 aliphatic carbocycles. The van der Waals surface area contributed by atoms with E-state index in [0.717, 1.165) is 11.1 Å². The fraction of sp³-hybridized carbons (Fsp3) is 0.308. The van der Waals surface area contributed by atoms with Crippen molar-refractivity contribution in [3.63, 3.8) is 0 Å². The summed E-state index contributed by atoms with van der Waals surface area (Å²) in [6, 6.07) is 13.5. The smallest absolute Gasteiger partial charge is 0.290 e. The van der Waals surface area contributed by atoms with Gasteiger partial charge >= 0.3 is 0 Å². The standard InChI is InChI=1S/C26H26ClNO5/c1-15(2)32-12-6-11-28-23(19-8-5-4-7-16(19)3)22(25(30)26(28)31)24(29)21-14-17-13-18(27)9-10-20(17)33-21/h4-5,7-10,13-15,23,30H,6,11-12H2,1-3H3. The van der Waals surface area contributed by atoms with Crippen LogP contribution in [0.4, 0.5) is 0 Å². The number of carbonyl (C=O) groups is 2. The second-order valence-electron chi connectivity index (χ2n) is 8.41. The number of hydrogen-bond donors (Lipinski definition) is 1. The average molecular weight is 468 g/mol. The second kappa shape index (κ2) is 9.41. The molecule has 0 radical (unpaired) electrons. The number of furan rings is 1. The van der Waals surface area contributed by atoms with Crippen molar-refractivity contribution in [2.75, 3.05) is 13.2 Å².